The first-order valence-electron chi connectivity index (χ1n) is 11.7. The number of nitrogens with one attached hydrogen (secondary N) is 1. The van der Waals surface area contributed by atoms with E-state index < -0.39 is 0 Å². The van der Waals surface area contributed by atoms with E-state index in [1.54, 1.807) is 12.1 Å². The number of fused-ring (bicyclic) bond motifs is 1. The molecule has 0 aliphatic rings. The summed E-state index contributed by atoms with van der Waals surface area (Å²) >= 11 is 7.38. The number of rotatable bonds is 10. The van der Waals surface area contributed by atoms with Crippen LogP contribution in [0.3, 0.4) is 0 Å². The van der Waals surface area contributed by atoms with Crippen molar-refractivity contribution in [2.75, 3.05) is 23.7 Å². The minimum atomic E-state index is -0.263. The fourth-order valence-corrected chi connectivity index (χ4v) is 4.78. The fraction of sp³-hybridized carbons (Fsp3) is 0.222. The second-order valence-corrected chi connectivity index (χ2v) is 9.47. The van der Waals surface area contributed by atoms with E-state index in [0.717, 1.165) is 40.5 Å². The lowest BCUT2D eigenvalue weighted by Crippen LogP contribution is -2.21. The highest BCUT2D eigenvalue weighted by molar-refractivity contribution is 7.99. The van der Waals surface area contributed by atoms with E-state index in [0.29, 0.717) is 17.1 Å². The van der Waals surface area contributed by atoms with Gasteiger partial charge in [-0.25, -0.2) is 10.4 Å². The summed E-state index contributed by atoms with van der Waals surface area (Å²) in [6, 6.07) is 21.0. The number of aromatic hydroxyl groups is 1. The van der Waals surface area contributed by atoms with E-state index in [1.807, 2.05) is 54.6 Å². The summed E-state index contributed by atoms with van der Waals surface area (Å²) < 4.78 is 2.09. The third kappa shape index (κ3) is 6.19. The van der Waals surface area contributed by atoms with Gasteiger partial charge >= 0.3 is 0 Å². The summed E-state index contributed by atoms with van der Waals surface area (Å²) in [5.74, 6) is -0.00275. The number of hydrogen-bond donors (Lipinski definition) is 2. The minimum Gasteiger partial charge on any atom is -0.507 e. The third-order valence-electron chi connectivity index (χ3n) is 5.74. The number of phenols is 1. The number of nitrogens with zero attached hydrogens (tertiary/aromatic N) is 4. The van der Waals surface area contributed by atoms with Crippen molar-refractivity contribution in [3.8, 4) is 5.75 Å². The largest absolute Gasteiger partial charge is 0.507 e. The summed E-state index contributed by atoms with van der Waals surface area (Å²) in [6.45, 7) is 6.45. The van der Waals surface area contributed by atoms with Crippen LogP contribution in [0.2, 0.25) is 5.02 Å². The Bertz CT molecular complexity index is 1370. The lowest BCUT2D eigenvalue weighted by molar-refractivity contribution is -0.118. The number of thioether (sulfide) groups is 1. The van der Waals surface area contributed by atoms with Crippen LogP contribution in [-0.2, 0) is 11.3 Å². The van der Waals surface area contributed by atoms with Gasteiger partial charge < -0.3 is 14.6 Å². The van der Waals surface area contributed by atoms with Crippen molar-refractivity contribution in [3.05, 3.63) is 82.9 Å². The number of hydrazone groups is 1. The maximum Gasteiger partial charge on any atom is 0.250 e. The van der Waals surface area contributed by atoms with E-state index in [-0.39, 0.29) is 17.4 Å². The van der Waals surface area contributed by atoms with Crippen LogP contribution in [0, 0.1) is 0 Å². The first-order chi connectivity index (χ1) is 17.5. The SMILES string of the molecule is CCN(CC)c1ccc(C=NNC(=O)CSc2nc3ccccc3n2Cc2ccc(Cl)cc2)c(O)c1. The van der Waals surface area contributed by atoms with E-state index in [4.69, 9.17) is 16.6 Å². The van der Waals surface area contributed by atoms with Crippen molar-refractivity contribution in [3.63, 3.8) is 0 Å². The highest BCUT2D eigenvalue weighted by Crippen LogP contribution is 2.26. The molecule has 0 saturated carbocycles. The molecule has 4 aromatic rings. The third-order valence-corrected chi connectivity index (χ3v) is 6.97. The Hall–Kier alpha value is -3.49. The zero-order valence-electron chi connectivity index (χ0n) is 20.2. The zero-order chi connectivity index (χ0) is 25.5. The number of hydrogen-bond acceptors (Lipinski definition) is 6. The molecule has 0 aliphatic carbocycles. The monoisotopic (exact) mass is 521 g/mol. The number of phenolic OH excluding ortho intramolecular Hbond substituents is 1. The van der Waals surface area contributed by atoms with Crippen molar-refractivity contribution >= 4 is 52.2 Å². The standard InChI is InChI=1S/C27H28ClN5O2S/c1-3-32(4-2)22-14-11-20(25(34)15-22)16-29-31-26(35)18-36-27-30-23-7-5-6-8-24(23)33(27)17-19-9-12-21(28)13-10-19/h5-16,34H,3-4,17-18H2,1-2H3,(H,31,35). The first-order valence-corrected chi connectivity index (χ1v) is 13.1. The molecule has 9 heteroatoms. The van der Waals surface area contributed by atoms with Crippen molar-refractivity contribution in [1.82, 2.24) is 15.0 Å². The van der Waals surface area contributed by atoms with Gasteiger partial charge in [0.15, 0.2) is 5.16 Å². The zero-order valence-corrected chi connectivity index (χ0v) is 21.8. The second kappa shape index (κ2) is 12.0. The molecule has 0 atom stereocenters. The topological polar surface area (TPSA) is 82.8 Å². The van der Waals surface area contributed by atoms with E-state index >= 15 is 0 Å². The molecule has 36 heavy (non-hydrogen) atoms. The molecule has 1 amide bonds. The smallest absolute Gasteiger partial charge is 0.250 e. The van der Waals surface area contributed by atoms with E-state index in [2.05, 4.69) is 33.8 Å². The highest BCUT2D eigenvalue weighted by Gasteiger charge is 2.13. The quantitative estimate of drug-likeness (QED) is 0.163. The number of halogens is 1. The molecule has 0 radical (unpaired) electrons. The fourth-order valence-electron chi connectivity index (χ4n) is 3.85. The number of carbonyl (C=O) groups is 1. The Balaban J connectivity index is 1.40. The van der Waals surface area contributed by atoms with Crippen LogP contribution in [0.15, 0.2) is 77.0 Å². The minimum absolute atomic E-state index is 0.114. The predicted molar refractivity (Wildman–Crippen MR) is 148 cm³/mol. The first kappa shape index (κ1) is 25.6. The summed E-state index contributed by atoms with van der Waals surface area (Å²) in [7, 11) is 0. The molecule has 1 heterocycles. The van der Waals surface area contributed by atoms with Crippen LogP contribution in [0.5, 0.6) is 5.75 Å². The lowest BCUT2D eigenvalue weighted by Gasteiger charge is -2.21. The number of aromatic nitrogens is 2. The van der Waals surface area contributed by atoms with Crippen LogP contribution >= 0.6 is 23.4 Å². The summed E-state index contributed by atoms with van der Waals surface area (Å²) in [5, 5.41) is 15.8. The van der Waals surface area contributed by atoms with Crippen molar-refractivity contribution in [2.24, 2.45) is 5.10 Å². The number of para-hydroxylation sites is 2. The summed E-state index contributed by atoms with van der Waals surface area (Å²) in [5.41, 5.74) is 6.96. The van der Waals surface area contributed by atoms with Gasteiger partial charge in [-0.3, -0.25) is 4.79 Å². The van der Waals surface area contributed by atoms with Crippen LogP contribution in [-0.4, -0.2) is 45.6 Å². The number of imidazole rings is 1. The van der Waals surface area contributed by atoms with Crippen molar-refractivity contribution in [1.29, 1.82) is 0 Å². The average Bonchev–Trinajstić information content (AvgIpc) is 3.23. The number of benzene rings is 3. The van der Waals surface area contributed by atoms with Crippen molar-refractivity contribution < 1.29 is 9.90 Å². The molecule has 0 spiro atoms. The molecule has 3 aromatic carbocycles. The van der Waals surface area contributed by atoms with Gasteiger partial charge in [-0.2, -0.15) is 5.10 Å². The lowest BCUT2D eigenvalue weighted by atomic mass is 10.2. The number of anilines is 1. The molecular weight excluding hydrogens is 494 g/mol. The van der Waals surface area contributed by atoms with Gasteiger partial charge in [-0.1, -0.05) is 47.6 Å². The Kier molecular flexibility index (Phi) is 8.51. The molecule has 7 nitrogen and oxygen atoms in total. The molecule has 4 rings (SSSR count). The maximum absolute atomic E-state index is 12.5. The second-order valence-electron chi connectivity index (χ2n) is 8.09. The van der Waals surface area contributed by atoms with Gasteiger partial charge in [0.05, 0.1) is 29.5 Å². The van der Waals surface area contributed by atoms with Crippen LogP contribution in [0.25, 0.3) is 11.0 Å². The van der Waals surface area contributed by atoms with Gasteiger partial charge in [-0.05, 0) is 55.8 Å². The molecule has 1 aromatic heterocycles. The van der Waals surface area contributed by atoms with E-state index in [1.165, 1.54) is 18.0 Å². The summed E-state index contributed by atoms with van der Waals surface area (Å²) in [4.78, 5) is 19.3. The number of carbonyl (C=O) groups excluding carboxylic acids is 1. The van der Waals surface area contributed by atoms with Gasteiger partial charge in [0, 0.05) is 35.4 Å². The normalized spacial score (nSPS) is 11.3. The van der Waals surface area contributed by atoms with Gasteiger partial charge in [-0.15, -0.1) is 0 Å². The Morgan fingerprint density at radius 2 is 1.89 bits per heavy atom. The molecule has 2 N–H and O–H groups in total. The molecule has 0 aliphatic heterocycles. The van der Waals surface area contributed by atoms with Crippen LogP contribution < -0.4 is 10.3 Å². The molecule has 186 valence electrons. The van der Waals surface area contributed by atoms with Gasteiger partial charge in [0.2, 0.25) is 0 Å². The van der Waals surface area contributed by atoms with Crippen LogP contribution in [0.4, 0.5) is 5.69 Å². The maximum atomic E-state index is 12.5. The van der Waals surface area contributed by atoms with Crippen molar-refractivity contribution in [2.45, 2.75) is 25.5 Å². The highest BCUT2D eigenvalue weighted by atomic mass is 35.5. The molecular formula is C27H28ClN5O2S. The van der Waals surface area contributed by atoms with Gasteiger partial charge in [0.1, 0.15) is 5.75 Å². The average molecular weight is 522 g/mol. The predicted octanol–water partition coefficient (Wildman–Crippen LogP) is 5.53. The van der Waals surface area contributed by atoms with Crippen LogP contribution in [0.1, 0.15) is 25.0 Å². The molecule has 0 unspecified atom stereocenters. The Labute approximate surface area is 219 Å². The Morgan fingerprint density at radius 3 is 2.61 bits per heavy atom. The van der Waals surface area contributed by atoms with E-state index in [9.17, 15) is 9.90 Å². The molecule has 0 fully saturated rings. The number of amides is 1. The van der Waals surface area contributed by atoms with Gasteiger partial charge in [0.25, 0.3) is 5.91 Å². The molecule has 0 bridgehead atoms. The summed E-state index contributed by atoms with van der Waals surface area (Å²) in [6.07, 6.45) is 1.44. The Morgan fingerprint density at radius 1 is 1.14 bits per heavy atom. The molecule has 0 saturated heterocycles.